The van der Waals surface area contributed by atoms with E-state index < -0.39 is 10.0 Å². The summed E-state index contributed by atoms with van der Waals surface area (Å²) >= 11 is 5.95. The highest BCUT2D eigenvalue weighted by Gasteiger charge is 2.29. The number of hydrogen-bond acceptors (Lipinski definition) is 3. The maximum atomic E-state index is 12.1. The van der Waals surface area contributed by atoms with Crippen LogP contribution in [0.1, 0.15) is 18.4 Å². The van der Waals surface area contributed by atoms with Gasteiger partial charge in [0.2, 0.25) is 10.0 Å². The van der Waals surface area contributed by atoms with Gasteiger partial charge in [-0.15, -0.1) is 0 Å². The summed E-state index contributed by atoms with van der Waals surface area (Å²) < 4.78 is 26.6. The van der Waals surface area contributed by atoms with Gasteiger partial charge >= 0.3 is 0 Å². The Balaban J connectivity index is 2.09. The molecule has 4 nitrogen and oxygen atoms in total. The van der Waals surface area contributed by atoms with Gasteiger partial charge in [-0.1, -0.05) is 17.7 Å². The molecule has 6 heteroatoms. The van der Waals surface area contributed by atoms with E-state index in [-0.39, 0.29) is 22.5 Å². The van der Waals surface area contributed by atoms with Crippen LogP contribution in [0.25, 0.3) is 0 Å². The van der Waals surface area contributed by atoms with Crippen LogP contribution in [-0.4, -0.2) is 21.0 Å². The van der Waals surface area contributed by atoms with E-state index in [4.69, 9.17) is 17.3 Å². The average Bonchev–Trinajstić information content (AvgIpc) is 3.09. The molecule has 18 heavy (non-hydrogen) atoms. The molecule has 0 aromatic heterocycles. The van der Waals surface area contributed by atoms with Crippen molar-refractivity contribution in [3.05, 3.63) is 28.8 Å². The molecule has 1 atom stereocenters. The van der Waals surface area contributed by atoms with Crippen molar-refractivity contribution < 1.29 is 8.42 Å². The van der Waals surface area contributed by atoms with E-state index in [0.29, 0.717) is 5.92 Å². The van der Waals surface area contributed by atoms with Crippen molar-refractivity contribution in [1.29, 1.82) is 0 Å². The first-order valence-electron chi connectivity index (χ1n) is 5.91. The van der Waals surface area contributed by atoms with Crippen molar-refractivity contribution in [3.63, 3.8) is 0 Å². The molecule has 0 saturated heterocycles. The Kier molecular flexibility index (Phi) is 3.96. The van der Waals surface area contributed by atoms with Crippen LogP contribution in [0.4, 0.5) is 0 Å². The molecule has 0 spiro atoms. The molecule has 0 bridgehead atoms. The largest absolute Gasteiger partial charge is 0.326 e. The molecule has 0 aliphatic heterocycles. The summed E-state index contributed by atoms with van der Waals surface area (Å²) in [6, 6.07) is 4.77. The van der Waals surface area contributed by atoms with Crippen molar-refractivity contribution in [1.82, 2.24) is 4.72 Å². The van der Waals surface area contributed by atoms with Crippen molar-refractivity contribution in [2.45, 2.75) is 30.7 Å². The monoisotopic (exact) mass is 288 g/mol. The molecule has 0 amide bonds. The summed E-state index contributed by atoms with van der Waals surface area (Å²) in [6.07, 6.45) is 2.18. The third-order valence-corrected chi connectivity index (χ3v) is 5.02. The number of nitrogens with one attached hydrogen (secondary N) is 1. The van der Waals surface area contributed by atoms with Crippen molar-refractivity contribution in [3.8, 4) is 0 Å². The predicted molar refractivity (Wildman–Crippen MR) is 72.1 cm³/mol. The standard InChI is InChI=1S/C12H17ClN2O2S/c1-8-2-5-12(10(13)6-8)18(16,17)15-7-11(14)9-3-4-9/h2,5-6,9,11,15H,3-4,7,14H2,1H3. The zero-order valence-corrected chi connectivity index (χ0v) is 11.8. The van der Waals surface area contributed by atoms with Crippen LogP contribution in [0.15, 0.2) is 23.1 Å². The average molecular weight is 289 g/mol. The molecule has 1 aliphatic carbocycles. The minimum absolute atomic E-state index is 0.107. The van der Waals surface area contributed by atoms with Crippen molar-refractivity contribution >= 4 is 21.6 Å². The second kappa shape index (κ2) is 5.17. The Labute approximate surface area is 113 Å². The van der Waals surface area contributed by atoms with Gasteiger partial charge in [0.15, 0.2) is 0 Å². The summed E-state index contributed by atoms with van der Waals surface area (Å²) in [6.45, 7) is 2.12. The minimum atomic E-state index is -3.57. The van der Waals surface area contributed by atoms with E-state index in [0.717, 1.165) is 18.4 Å². The Morgan fingerprint density at radius 1 is 1.50 bits per heavy atom. The van der Waals surface area contributed by atoms with E-state index in [9.17, 15) is 8.42 Å². The molecule has 1 aliphatic rings. The van der Waals surface area contributed by atoms with E-state index in [2.05, 4.69) is 4.72 Å². The molecule has 1 fully saturated rings. The van der Waals surface area contributed by atoms with Gasteiger partial charge < -0.3 is 5.73 Å². The Morgan fingerprint density at radius 2 is 2.17 bits per heavy atom. The van der Waals surface area contributed by atoms with Gasteiger partial charge in [-0.05, 0) is 43.4 Å². The number of sulfonamides is 1. The number of benzene rings is 1. The molecular weight excluding hydrogens is 272 g/mol. The fraction of sp³-hybridized carbons (Fsp3) is 0.500. The number of rotatable bonds is 5. The normalized spacial score (nSPS) is 17.7. The molecule has 100 valence electrons. The van der Waals surface area contributed by atoms with Crippen molar-refractivity contribution in [2.75, 3.05) is 6.54 Å². The molecule has 1 aromatic carbocycles. The van der Waals surface area contributed by atoms with Crippen LogP contribution in [0.5, 0.6) is 0 Å². The van der Waals surface area contributed by atoms with Crippen LogP contribution in [0.3, 0.4) is 0 Å². The van der Waals surface area contributed by atoms with Gasteiger partial charge in [0.25, 0.3) is 0 Å². The Bertz CT molecular complexity index is 541. The lowest BCUT2D eigenvalue weighted by Gasteiger charge is -2.13. The van der Waals surface area contributed by atoms with Crippen molar-refractivity contribution in [2.24, 2.45) is 11.7 Å². The van der Waals surface area contributed by atoms with Crippen LogP contribution in [0, 0.1) is 12.8 Å². The van der Waals surface area contributed by atoms with Crippen LogP contribution >= 0.6 is 11.6 Å². The van der Waals surface area contributed by atoms with E-state index >= 15 is 0 Å². The van der Waals surface area contributed by atoms with E-state index in [1.165, 1.54) is 6.07 Å². The highest BCUT2D eigenvalue weighted by molar-refractivity contribution is 7.89. The summed E-state index contributed by atoms with van der Waals surface area (Å²) in [4.78, 5) is 0.109. The van der Waals surface area contributed by atoms with Gasteiger partial charge in [0.05, 0.1) is 5.02 Å². The summed E-state index contributed by atoms with van der Waals surface area (Å²) in [5, 5.41) is 0.238. The van der Waals surface area contributed by atoms with Crippen LogP contribution in [-0.2, 0) is 10.0 Å². The SMILES string of the molecule is Cc1ccc(S(=O)(=O)NCC(N)C2CC2)c(Cl)c1. The van der Waals surface area contributed by atoms with Gasteiger partial charge in [-0.2, -0.15) is 0 Å². The number of aryl methyl sites for hydroxylation is 1. The van der Waals surface area contributed by atoms with Gasteiger partial charge in [0, 0.05) is 12.6 Å². The number of halogens is 1. The molecular formula is C12H17ClN2O2S. The minimum Gasteiger partial charge on any atom is -0.326 e. The fourth-order valence-electron chi connectivity index (χ4n) is 1.80. The van der Waals surface area contributed by atoms with E-state index in [1.54, 1.807) is 12.1 Å². The van der Waals surface area contributed by atoms with E-state index in [1.807, 2.05) is 6.92 Å². The molecule has 1 saturated carbocycles. The fourth-order valence-corrected chi connectivity index (χ4v) is 3.47. The summed E-state index contributed by atoms with van der Waals surface area (Å²) in [5.74, 6) is 0.459. The molecule has 0 heterocycles. The van der Waals surface area contributed by atoms with Gasteiger partial charge in [-0.25, -0.2) is 13.1 Å². The molecule has 1 aromatic rings. The molecule has 3 N–H and O–H groups in total. The zero-order valence-electron chi connectivity index (χ0n) is 10.2. The second-order valence-corrected chi connectivity index (χ2v) is 6.93. The lowest BCUT2D eigenvalue weighted by atomic mass is 10.2. The molecule has 0 radical (unpaired) electrons. The quantitative estimate of drug-likeness (QED) is 0.865. The summed E-state index contributed by atoms with van der Waals surface area (Å²) in [7, 11) is -3.57. The lowest BCUT2D eigenvalue weighted by molar-refractivity contribution is 0.548. The first kappa shape index (κ1) is 13.8. The predicted octanol–water partition coefficient (Wildman–Crippen LogP) is 1.66. The third-order valence-electron chi connectivity index (χ3n) is 3.11. The number of hydrogen-bond donors (Lipinski definition) is 2. The lowest BCUT2D eigenvalue weighted by Crippen LogP contribution is -2.38. The highest BCUT2D eigenvalue weighted by atomic mass is 35.5. The summed E-state index contributed by atoms with van der Waals surface area (Å²) in [5.41, 5.74) is 6.79. The Hall–Kier alpha value is -0.620. The zero-order chi connectivity index (χ0) is 13.3. The number of nitrogens with two attached hydrogens (primary N) is 1. The Morgan fingerprint density at radius 3 is 2.72 bits per heavy atom. The maximum absolute atomic E-state index is 12.1. The smallest absolute Gasteiger partial charge is 0.242 e. The third kappa shape index (κ3) is 3.23. The molecule has 2 rings (SSSR count). The van der Waals surface area contributed by atoms with Crippen LogP contribution < -0.4 is 10.5 Å². The second-order valence-electron chi connectivity index (χ2n) is 4.79. The van der Waals surface area contributed by atoms with Gasteiger partial charge in [-0.3, -0.25) is 0 Å². The van der Waals surface area contributed by atoms with Gasteiger partial charge in [0.1, 0.15) is 4.90 Å². The first-order chi connectivity index (χ1) is 8.40. The molecule has 1 unspecified atom stereocenters. The maximum Gasteiger partial charge on any atom is 0.242 e. The highest BCUT2D eigenvalue weighted by Crippen LogP contribution is 2.31. The first-order valence-corrected chi connectivity index (χ1v) is 7.77. The topological polar surface area (TPSA) is 72.2 Å². The van der Waals surface area contributed by atoms with Crippen LogP contribution in [0.2, 0.25) is 5.02 Å².